The summed E-state index contributed by atoms with van der Waals surface area (Å²) in [4.78, 5) is 12.5. The Kier molecular flexibility index (Phi) is 4.22. The van der Waals surface area contributed by atoms with Crippen LogP contribution in [0.1, 0.15) is 39.9 Å². The molecular weight excluding hydrogens is 286 g/mol. The second kappa shape index (κ2) is 6.17. The number of hydrogen-bond donors (Lipinski definition) is 2. The van der Waals surface area contributed by atoms with E-state index < -0.39 is 5.60 Å². The standard InChI is InChI=1S/C20H23NO2/c1-14-8-9-15(2)18(12-14)19(22)21-13-20(23,17-10-11-17)16-6-4-3-5-7-16/h3-9,12,17,23H,10-11,13H2,1-2H3,(H,21,22). The maximum absolute atomic E-state index is 12.5. The minimum Gasteiger partial charge on any atom is -0.383 e. The number of rotatable bonds is 5. The molecule has 0 aliphatic heterocycles. The van der Waals surface area contributed by atoms with E-state index in [1.165, 1.54) is 0 Å². The van der Waals surface area contributed by atoms with Crippen LogP contribution in [-0.2, 0) is 5.60 Å². The van der Waals surface area contributed by atoms with Gasteiger partial charge in [-0.15, -0.1) is 0 Å². The Bertz CT molecular complexity index is 707. The van der Waals surface area contributed by atoms with Gasteiger partial charge in [-0.25, -0.2) is 0 Å². The van der Waals surface area contributed by atoms with Gasteiger partial charge in [-0.1, -0.05) is 48.0 Å². The minimum atomic E-state index is -0.978. The van der Waals surface area contributed by atoms with Gasteiger partial charge in [0.1, 0.15) is 5.60 Å². The second-order valence-electron chi connectivity index (χ2n) is 6.57. The molecule has 2 aromatic rings. The van der Waals surface area contributed by atoms with E-state index in [2.05, 4.69) is 5.32 Å². The van der Waals surface area contributed by atoms with Crippen molar-refractivity contribution in [1.29, 1.82) is 0 Å². The third kappa shape index (κ3) is 3.30. The molecule has 1 atom stereocenters. The molecule has 1 aliphatic carbocycles. The fourth-order valence-electron chi connectivity index (χ4n) is 3.06. The molecule has 1 amide bonds. The SMILES string of the molecule is Cc1ccc(C)c(C(=O)NCC(O)(c2ccccc2)C2CC2)c1. The highest BCUT2D eigenvalue weighted by Gasteiger charge is 2.45. The third-order valence-corrected chi connectivity index (χ3v) is 4.68. The molecule has 0 spiro atoms. The number of carbonyl (C=O) groups excluding carboxylic acids is 1. The number of carbonyl (C=O) groups is 1. The molecule has 0 saturated heterocycles. The van der Waals surface area contributed by atoms with Crippen LogP contribution in [0.3, 0.4) is 0 Å². The predicted molar refractivity (Wildman–Crippen MR) is 91.3 cm³/mol. The van der Waals surface area contributed by atoms with Crippen LogP contribution in [0.15, 0.2) is 48.5 Å². The zero-order valence-corrected chi connectivity index (χ0v) is 13.7. The molecule has 3 rings (SSSR count). The molecular formula is C20H23NO2. The molecule has 1 aliphatic rings. The Labute approximate surface area is 137 Å². The lowest BCUT2D eigenvalue weighted by Crippen LogP contribution is -2.42. The summed E-state index contributed by atoms with van der Waals surface area (Å²) < 4.78 is 0. The van der Waals surface area contributed by atoms with Crippen LogP contribution in [-0.4, -0.2) is 17.6 Å². The molecule has 2 aromatic carbocycles. The normalized spacial score (nSPS) is 16.7. The molecule has 120 valence electrons. The van der Waals surface area contributed by atoms with Gasteiger partial charge in [0, 0.05) is 5.56 Å². The highest BCUT2D eigenvalue weighted by molar-refractivity contribution is 5.95. The van der Waals surface area contributed by atoms with E-state index in [1.54, 1.807) is 0 Å². The van der Waals surface area contributed by atoms with Gasteiger partial charge >= 0.3 is 0 Å². The average Bonchev–Trinajstić information content (AvgIpc) is 3.41. The van der Waals surface area contributed by atoms with Crippen molar-refractivity contribution in [1.82, 2.24) is 5.32 Å². The summed E-state index contributed by atoms with van der Waals surface area (Å²) in [5, 5.41) is 14.1. The van der Waals surface area contributed by atoms with Crippen LogP contribution >= 0.6 is 0 Å². The number of benzene rings is 2. The molecule has 1 fully saturated rings. The molecule has 3 nitrogen and oxygen atoms in total. The minimum absolute atomic E-state index is 0.124. The van der Waals surface area contributed by atoms with Crippen molar-refractivity contribution >= 4 is 5.91 Å². The molecule has 2 N–H and O–H groups in total. The van der Waals surface area contributed by atoms with Crippen LogP contribution in [0.5, 0.6) is 0 Å². The summed E-state index contributed by atoms with van der Waals surface area (Å²) in [6, 6.07) is 15.5. The molecule has 3 heteroatoms. The molecule has 1 unspecified atom stereocenters. The number of aryl methyl sites for hydroxylation is 2. The molecule has 0 radical (unpaired) electrons. The summed E-state index contributed by atoms with van der Waals surface area (Å²) in [6.45, 7) is 4.15. The van der Waals surface area contributed by atoms with Crippen molar-refractivity contribution in [3.63, 3.8) is 0 Å². The molecule has 23 heavy (non-hydrogen) atoms. The molecule has 1 saturated carbocycles. The van der Waals surface area contributed by atoms with Crippen LogP contribution in [0.4, 0.5) is 0 Å². The van der Waals surface area contributed by atoms with Gasteiger partial charge in [-0.05, 0) is 49.8 Å². The summed E-state index contributed by atoms with van der Waals surface area (Å²) in [7, 11) is 0. The van der Waals surface area contributed by atoms with Gasteiger partial charge in [0.2, 0.25) is 0 Å². The van der Waals surface area contributed by atoms with E-state index in [1.807, 2.05) is 62.4 Å². The monoisotopic (exact) mass is 309 g/mol. The van der Waals surface area contributed by atoms with Gasteiger partial charge in [0.15, 0.2) is 0 Å². The quantitative estimate of drug-likeness (QED) is 0.890. The Balaban J connectivity index is 1.77. The van der Waals surface area contributed by atoms with Crippen molar-refractivity contribution in [3.8, 4) is 0 Å². The number of nitrogens with one attached hydrogen (secondary N) is 1. The first kappa shape index (κ1) is 15.8. The van der Waals surface area contributed by atoms with Crippen LogP contribution < -0.4 is 5.32 Å². The smallest absolute Gasteiger partial charge is 0.251 e. The number of hydrogen-bond acceptors (Lipinski definition) is 2. The molecule has 0 heterocycles. The lowest BCUT2D eigenvalue weighted by atomic mass is 9.88. The van der Waals surface area contributed by atoms with Crippen LogP contribution in [0.25, 0.3) is 0 Å². The summed E-state index contributed by atoms with van der Waals surface area (Å²) >= 11 is 0. The fraction of sp³-hybridized carbons (Fsp3) is 0.350. The van der Waals surface area contributed by atoms with Gasteiger partial charge in [0.25, 0.3) is 5.91 Å². The Morgan fingerprint density at radius 2 is 1.87 bits per heavy atom. The van der Waals surface area contributed by atoms with E-state index in [4.69, 9.17) is 0 Å². The van der Waals surface area contributed by atoms with E-state index in [0.717, 1.165) is 29.5 Å². The fourth-order valence-corrected chi connectivity index (χ4v) is 3.06. The zero-order chi connectivity index (χ0) is 16.4. The Morgan fingerprint density at radius 3 is 2.52 bits per heavy atom. The van der Waals surface area contributed by atoms with Gasteiger partial charge in [0.05, 0.1) is 6.54 Å². The Morgan fingerprint density at radius 1 is 1.17 bits per heavy atom. The van der Waals surface area contributed by atoms with Crippen LogP contribution in [0, 0.1) is 19.8 Å². The van der Waals surface area contributed by atoms with E-state index in [-0.39, 0.29) is 18.4 Å². The lowest BCUT2D eigenvalue weighted by Gasteiger charge is -2.29. The summed E-state index contributed by atoms with van der Waals surface area (Å²) in [5.74, 6) is 0.102. The lowest BCUT2D eigenvalue weighted by molar-refractivity contribution is 0.0135. The predicted octanol–water partition coefficient (Wildman–Crippen LogP) is 3.33. The third-order valence-electron chi connectivity index (χ3n) is 4.68. The summed E-state index contributed by atoms with van der Waals surface area (Å²) in [6.07, 6.45) is 2.01. The molecule has 0 aromatic heterocycles. The van der Waals surface area contributed by atoms with Crippen molar-refractivity contribution in [2.75, 3.05) is 6.54 Å². The van der Waals surface area contributed by atoms with Gasteiger partial charge in [-0.2, -0.15) is 0 Å². The zero-order valence-electron chi connectivity index (χ0n) is 13.7. The average molecular weight is 309 g/mol. The van der Waals surface area contributed by atoms with Crippen molar-refractivity contribution in [2.24, 2.45) is 5.92 Å². The van der Waals surface area contributed by atoms with Crippen molar-refractivity contribution < 1.29 is 9.90 Å². The first-order chi connectivity index (χ1) is 11.0. The van der Waals surface area contributed by atoms with Crippen molar-refractivity contribution in [3.05, 3.63) is 70.8 Å². The number of amides is 1. The maximum atomic E-state index is 12.5. The van der Waals surface area contributed by atoms with Gasteiger partial charge < -0.3 is 10.4 Å². The first-order valence-corrected chi connectivity index (χ1v) is 8.14. The largest absolute Gasteiger partial charge is 0.383 e. The topological polar surface area (TPSA) is 49.3 Å². The number of aliphatic hydroxyl groups is 1. The highest BCUT2D eigenvalue weighted by Crippen LogP contribution is 2.45. The summed E-state index contributed by atoms with van der Waals surface area (Å²) in [5.41, 5.74) is 2.58. The first-order valence-electron chi connectivity index (χ1n) is 8.14. The highest BCUT2D eigenvalue weighted by atomic mass is 16.3. The van der Waals surface area contributed by atoms with E-state index >= 15 is 0 Å². The van der Waals surface area contributed by atoms with E-state index in [9.17, 15) is 9.90 Å². The second-order valence-corrected chi connectivity index (χ2v) is 6.57. The van der Waals surface area contributed by atoms with Gasteiger partial charge in [-0.3, -0.25) is 4.79 Å². The van der Waals surface area contributed by atoms with E-state index in [0.29, 0.717) is 5.56 Å². The van der Waals surface area contributed by atoms with Crippen LogP contribution in [0.2, 0.25) is 0 Å². The Hall–Kier alpha value is -2.13. The van der Waals surface area contributed by atoms with Crippen molar-refractivity contribution in [2.45, 2.75) is 32.3 Å². The maximum Gasteiger partial charge on any atom is 0.251 e. The molecule has 0 bridgehead atoms.